The summed E-state index contributed by atoms with van der Waals surface area (Å²) in [5, 5.41) is 3.79. The highest BCUT2D eigenvalue weighted by Gasteiger charge is 2.04. The Morgan fingerprint density at radius 3 is 2.59 bits per heavy atom. The lowest BCUT2D eigenvalue weighted by atomic mass is 10.2. The summed E-state index contributed by atoms with van der Waals surface area (Å²) in [5.41, 5.74) is 9.45. The number of nitrogen functional groups attached to an aromatic ring is 1. The van der Waals surface area contributed by atoms with Crippen molar-refractivity contribution >= 4 is 28.8 Å². The number of benzene rings is 1. The van der Waals surface area contributed by atoms with Crippen LogP contribution in [0.4, 0.5) is 17.2 Å². The maximum atomic E-state index is 6.13. The van der Waals surface area contributed by atoms with Gasteiger partial charge in [-0.15, -0.1) is 0 Å². The van der Waals surface area contributed by atoms with E-state index in [4.69, 9.17) is 17.3 Å². The van der Waals surface area contributed by atoms with Crippen molar-refractivity contribution in [3.05, 3.63) is 46.6 Å². The highest BCUT2D eigenvalue weighted by atomic mass is 35.5. The zero-order valence-corrected chi connectivity index (χ0v) is 10.5. The number of aryl methyl sites for hydroxylation is 2. The van der Waals surface area contributed by atoms with E-state index in [-0.39, 0.29) is 0 Å². The summed E-state index contributed by atoms with van der Waals surface area (Å²) < 4.78 is 0. The molecule has 0 radical (unpaired) electrons. The second-order valence-corrected chi connectivity index (χ2v) is 4.47. The van der Waals surface area contributed by atoms with Crippen LogP contribution in [-0.4, -0.2) is 4.98 Å². The molecule has 4 heteroatoms. The van der Waals surface area contributed by atoms with E-state index >= 15 is 0 Å². The number of hydrogen-bond donors (Lipinski definition) is 2. The zero-order valence-electron chi connectivity index (χ0n) is 9.79. The fraction of sp³-hybridized carbons (Fsp3) is 0.154. The summed E-state index contributed by atoms with van der Waals surface area (Å²) in [6.07, 6.45) is 1.76. The van der Waals surface area contributed by atoms with Crippen molar-refractivity contribution in [1.82, 2.24) is 4.98 Å². The number of aromatic nitrogens is 1. The van der Waals surface area contributed by atoms with Crippen LogP contribution in [0, 0.1) is 13.8 Å². The molecule has 2 rings (SSSR count). The average Bonchev–Trinajstić information content (AvgIpc) is 2.25. The van der Waals surface area contributed by atoms with E-state index in [0.29, 0.717) is 16.5 Å². The molecule has 88 valence electrons. The maximum Gasteiger partial charge on any atom is 0.153 e. The molecule has 0 unspecified atom stereocenters. The molecule has 0 spiro atoms. The number of hydrogen-bond acceptors (Lipinski definition) is 3. The van der Waals surface area contributed by atoms with Gasteiger partial charge in [-0.3, -0.25) is 0 Å². The molecular weight excluding hydrogens is 234 g/mol. The molecule has 0 saturated heterocycles. The Bertz CT molecular complexity index is 503. The summed E-state index contributed by atoms with van der Waals surface area (Å²) >= 11 is 6.13. The van der Waals surface area contributed by atoms with Gasteiger partial charge in [-0.1, -0.05) is 17.7 Å². The summed E-state index contributed by atoms with van der Waals surface area (Å²) in [4.78, 5) is 4.24. The molecule has 1 aromatic heterocycles. The topological polar surface area (TPSA) is 50.9 Å². The molecule has 0 aliphatic carbocycles. The van der Waals surface area contributed by atoms with Gasteiger partial charge in [0, 0.05) is 6.20 Å². The van der Waals surface area contributed by atoms with Crippen LogP contribution in [0.5, 0.6) is 0 Å². The smallest absolute Gasteiger partial charge is 0.153 e. The largest absolute Gasteiger partial charge is 0.396 e. The van der Waals surface area contributed by atoms with Crippen molar-refractivity contribution in [3.63, 3.8) is 0 Å². The first-order valence-corrected chi connectivity index (χ1v) is 5.69. The molecule has 1 heterocycles. The van der Waals surface area contributed by atoms with Crippen LogP contribution in [0.2, 0.25) is 5.02 Å². The van der Waals surface area contributed by atoms with Crippen LogP contribution in [-0.2, 0) is 0 Å². The maximum absolute atomic E-state index is 6.13. The molecule has 0 amide bonds. The minimum absolute atomic E-state index is 0.613. The molecule has 1 aromatic carbocycles. The number of nitrogens with zero attached hydrogens (tertiary/aromatic N) is 1. The first kappa shape index (κ1) is 11.7. The minimum atomic E-state index is 0.613. The normalized spacial score (nSPS) is 10.3. The third kappa shape index (κ3) is 2.68. The molecule has 0 bridgehead atoms. The number of anilines is 3. The second-order valence-electron chi connectivity index (χ2n) is 4.06. The SMILES string of the molecule is Cc1cnc(Nc2ccc(C)cc2Cl)c(N)c1. The molecule has 0 saturated carbocycles. The van der Waals surface area contributed by atoms with Crippen LogP contribution < -0.4 is 11.1 Å². The molecular formula is C13H14ClN3. The third-order valence-electron chi connectivity index (χ3n) is 2.43. The molecule has 2 aromatic rings. The second kappa shape index (κ2) is 4.63. The van der Waals surface area contributed by atoms with Gasteiger partial charge in [0.05, 0.1) is 16.4 Å². The quantitative estimate of drug-likeness (QED) is 0.851. The molecule has 17 heavy (non-hydrogen) atoms. The van der Waals surface area contributed by atoms with Gasteiger partial charge in [0.25, 0.3) is 0 Å². The van der Waals surface area contributed by atoms with Gasteiger partial charge in [-0.2, -0.15) is 0 Å². The Balaban J connectivity index is 2.31. The van der Waals surface area contributed by atoms with Gasteiger partial charge in [-0.25, -0.2) is 4.98 Å². The first-order chi connectivity index (χ1) is 8.06. The summed E-state index contributed by atoms with van der Waals surface area (Å²) in [5.74, 6) is 0.626. The van der Waals surface area contributed by atoms with Crippen molar-refractivity contribution in [1.29, 1.82) is 0 Å². The highest BCUT2D eigenvalue weighted by Crippen LogP contribution is 2.27. The highest BCUT2D eigenvalue weighted by molar-refractivity contribution is 6.33. The number of pyridine rings is 1. The van der Waals surface area contributed by atoms with Gasteiger partial charge in [0.1, 0.15) is 0 Å². The van der Waals surface area contributed by atoms with E-state index in [9.17, 15) is 0 Å². The number of rotatable bonds is 2. The number of nitrogens with one attached hydrogen (secondary N) is 1. The van der Waals surface area contributed by atoms with E-state index in [2.05, 4.69) is 10.3 Å². The van der Waals surface area contributed by atoms with Gasteiger partial charge in [0.15, 0.2) is 5.82 Å². The minimum Gasteiger partial charge on any atom is -0.396 e. The van der Waals surface area contributed by atoms with E-state index < -0.39 is 0 Å². The van der Waals surface area contributed by atoms with Crippen LogP contribution in [0.15, 0.2) is 30.5 Å². The van der Waals surface area contributed by atoms with Gasteiger partial charge in [-0.05, 0) is 43.2 Å². The van der Waals surface area contributed by atoms with E-state index in [1.165, 1.54) is 0 Å². The lowest BCUT2D eigenvalue weighted by Gasteiger charge is -2.10. The molecule has 0 aliphatic rings. The van der Waals surface area contributed by atoms with Gasteiger partial charge < -0.3 is 11.1 Å². The Morgan fingerprint density at radius 2 is 1.94 bits per heavy atom. The molecule has 3 N–H and O–H groups in total. The lowest BCUT2D eigenvalue weighted by molar-refractivity contribution is 1.26. The van der Waals surface area contributed by atoms with Crippen molar-refractivity contribution in [3.8, 4) is 0 Å². The zero-order chi connectivity index (χ0) is 12.4. The molecule has 0 aliphatic heterocycles. The summed E-state index contributed by atoms with van der Waals surface area (Å²) in [6, 6.07) is 7.67. The standard InChI is InChI=1S/C13H14ClN3/c1-8-3-4-12(10(14)5-8)17-13-11(15)6-9(2)7-16-13/h3-7H,15H2,1-2H3,(H,16,17). The van der Waals surface area contributed by atoms with Crippen molar-refractivity contribution in [2.75, 3.05) is 11.1 Å². The summed E-state index contributed by atoms with van der Waals surface area (Å²) in [7, 11) is 0. The van der Waals surface area contributed by atoms with E-state index in [1.807, 2.05) is 38.1 Å². The van der Waals surface area contributed by atoms with Crippen molar-refractivity contribution in [2.24, 2.45) is 0 Å². The first-order valence-electron chi connectivity index (χ1n) is 5.31. The van der Waals surface area contributed by atoms with Crippen LogP contribution >= 0.6 is 11.6 Å². The van der Waals surface area contributed by atoms with Crippen molar-refractivity contribution in [2.45, 2.75) is 13.8 Å². The molecule has 0 atom stereocenters. The summed E-state index contributed by atoms with van der Waals surface area (Å²) in [6.45, 7) is 3.94. The Morgan fingerprint density at radius 1 is 1.18 bits per heavy atom. The van der Waals surface area contributed by atoms with Gasteiger partial charge in [0.2, 0.25) is 0 Å². The van der Waals surface area contributed by atoms with E-state index in [0.717, 1.165) is 16.8 Å². The predicted molar refractivity (Wildman–Crippen MR) is 72.9 cm³/mol. The van der Waals surface area contributed by atoms with Crippen LogP contribution in [0.25, 0.3) is 0 Å². The fourth-order valence-electron chi connectivity index (χ4n) is 1.55. The average molecular weight is 248 g/mol. The molecule has 3 nitrogen and oxygen atoms in total. The monoisotopic (exact) mass is 247 g/mol. The van der Waals surface area contributed by atoms with E-state index in [1.54, 1.807) is 6.20 Å². The Hall–Kier alpha value is -1.74. The van der Waals surface area contributed by atoms with Crippen LogP contribution in [0.1, 0.15) is 11.1 Å². The Labute approximate surface area is 106 Å². The number of nitrogens with two attached hydrogens (primary N) is 1. The van der Waals surface area contributed by atoms with Crippen LogP contribution in [0.3, 0.4) is 0 Å². The number of halogens is 1. The fourth-order valence-corrected chi connectivity index (χ4v) is 1.83. The van der Waals surface area contributed by atoms with Crippen molar-refractivity contribution < 1.29 is 0 Å². The predicted octanol–water partition coefficient (Wildman–Crippen LogP) is 3.68. The lowest BCUT2D eigenvalue weighted by Crippen LogP contribution is -2.00. The molecule has 0 fully saturated rings. The van der Waals surface area contributed by atoms with Gasteiger partial charge >= 0.3 is 0 Å². The third-order valence-corrected chi connectivity index (χ3v) is 2.74. The Kier molecular flexibility index (Phi) is 3.20.